The molecule has 0 saturated carbocycles. The molecule has 0 bridgehead atoms. The zero-order chi connectivity index (χ0) is 11.4. The maximum Gasteiger partial charge on any atom is 0.264 e. The van der Waals surface area contributed by atoms with Crippen LogP contribution in [0.1, 0.15) is 20.8 Å². The molecule has 15 heavy (non-hydrogen) atoms. The van der Waals surface area contributed by atoms with Gasteiger partial charge in [0.25, 0.3) is 5.91 Å². The molecular formula is C10H14N2OS2. The highest BCUT2D eigenvalue weighted by atomic mass is 32.2. The first-order valence-corrected chi connectivity index (χ1v) is 6.71. The Morgan fingerprint density at radius 2 is 2.33 bits per heavy atom. The van der Waals surface area contributed by atoms with Crippen molar-refractivity contribution in [1.82, 2.24) is 5.32 Å². The SMILES string of the molecule is CCSC1=C(C#N)C(=O)N[C@H](C(C)C)S1. The lowest BCUT2D eigenvalue weighted by Crippen LogP contribution is -2.39. The van der Waals surface area contributed by atoms with Gasteiger partial charge in [0, 0.05) is 0 Å². The van der Waals surface area contributed by atoms with E-state index >= 15 is 0 Å². The number of thioether (sulfide) groups is 2. The van der Waals surface area contributed by atoms with Crippen molar-refractivity contribution in [2.24, 2.45) is 5.92 Å². The van der Waals surface area contributed by atoms with Crippen molar-refractivity contribution in [1.29, 1.82) is 5.26 Å². The van der Waals surface area contributed by atoms with Gasteiger partial charge in [-0.1, -0.05) is 32.5 Å². The quantitative estimate of drug-likeness (QED) is 0.825. The third-order valence-electron chi connectivity index (χ3n) is 1.93. The molecule has 1 N–H and O–H groups in total. The summed E-state index contributed by atoms with van der Waals surface area (Å²) >= 11 is 3.16. The predicted octanol–water partition coefficient (Wildman–Crippen LogP) is 2.32. The first kappa shape index (κ1) is 12.5. The lowest BCUT2D eigenvalue weighted by Gasteiger charge is -2.27. The Kier molecular flexibility index (Phi) is 4.55. The largest absolute Gasteiger partial charge is 0.339 e. The van der Waals surface area contributed by atoms with E-state index in [9.17, 15) is 4.79 Å². The Hall–Kier alpha value is -0.600. The molecule has 1 amide bonds. The van der Waals surface area contributed by atoms with Gasteiger partial charge in [-0.05, 0) is 11.7 Å². The third kappa shape index (κ3) is 2.93. The molecule has 82 valence electrons. The number of carbonyl (C=O) groups excluding carboxylic acids is 1. The topological polar surface area (TPSA) is 52.9 Å². The minimum absolute atomic E-state index is 0.0867. The van der Waals surface area contributed by atoms with E-state index < -0.39 is 0 Å². The summed E-state index contributed by atoms with van der Waals surface area (Å²) in [6.45, 7) is 6.14. The minimum Gasteiger partial charge on any atom is -0.339 e. The van der Waals surface area contributed by atoms with Gasteiger partial charge in [0.1, 0.15) is 11.6 Å². The van der Waals surface area contributed by atoms with Crippen LogP contribution < -0.4 is 5.32 Å². The van der Waals surface area contributed by atoms with E-state index in [0.717, 1.165) is 9.99 Å². The molecule has 1 atom stereocenters. The van der Waals surface area contributed by atoms with Gasteiger partial charge in [-0.25, -0.2) is 0 Å². The van der Waals surface area contributed by atoms with Crippen molar-refractivity contribution in [3.63, 3.8) is 0 Å². The molecule has 0 aromatic heterocycles. The average molecular weight is 242 g/mol. The fraction of sp³-hybridized carbons (Fsp3) is 0.600. The molecule has 1 aliphatic rings. The molecule has 0 fully saturated rings. The van der Waals surface area contributed by atoms with Gasteiger partial charge in [-0.15, -0.1) is 11.8 Å². The van der Waals surface area contributed by atoms with Crippen molar-refractivity contribution in [2.45, 2.75) is 26.1 Å². The molecule has 1 heterocycles. The first-order valence-electron chi connectivity index (χ1n) is 4.84. The molecule has 0 unspecified atom stereocenters. The van der Waals surface area contributed by atoms with E-state index in [2.05, 4.69) is 19.2 Å². The lowest BCUT2D eigenvalue weighted by molar-refractivity contribution is -0.117. The second-order valence-corrected chi connectivity index (χ2v) is 6.15. The minimum atomic E-state index is -0.231. The first-order chi connectivity index (χ1) is 7.10. The fourth-order valence-corrected chi connectivity index (χ4v) is 3.54. The van der Waals surface area contributed by atoms with Crippen LogP contribution in [0, 0.1) is 17.2 Å². The van der Waals surface area contributed by atoms with Crippen molar-refractivity contribution in [2.75, 3.05) is 5.75 Å². The number of rotatable bonds is 3. The normalized spacial score (nSPS) is 21.5. The molecule has 0 spiro atoms. The highest BCUT2D eigenvalue weighted by Crippen LogP contribution is 2.38. The van der Waals surface area contributed by atoms with E-state index in [-0.39, 0.29) is 16.9 Å². The Bertz CT molecular complexity index is 331. The van der Waals surface area contributed by atoms with Crippen molar-refractivity contribution in [3.8, 4) is 6.07 Å². The summed E-state index contributed by atoms with van der Waals surface area (Å²) in [6, 6.07) is 1.97. The second kappa shape index (κ2) is 5.47. The van der Waals surface area contributed by atoms with Crippen molar-refractivity contribution in [3.05, 3.63) is 9.81 Å². The smallest absolute Gasteiger partial charge is 0.264 e. The third-order valence-corrected chi connectivity index (χ3v) is 4.66. The zero-order valence-electron chi connectivity index (χ0n) is 9.03. The van der Waals surface area contributed by atoms with E-state index in [4.69, 9.17) is 5.26 Å². The monoisotopic (exact) mass is 242 g/mol. The predicted molar refractivity (Wildman–Crippen MR) is 65.1 cm³/mol. The molecule has 0 radical (unpaired) electrons. The number of hydrogen-bond donors (Lipinski definition) is 1. The summed E-state index contributed by atoms with van der Waals surface area (Å²) < 4.78 is 0.863. The van der Waals surface area contributed by atoms with E-state index in [0.29, 0.717) is 5.92 Å². The van der Waals surface area contributed by atoms with E-state index in [1.165, 1.54) is 0 Å². The number of nitrogens with one attached hydrogen (secondary N) is 1. The summed E-state index contributed by atoms with van der Waals surface area (Å²) in [6.07, 6.45) is 0. The van der Waals surface area contributed by atoms with Crippen LogP contribution in [-0.4, -0.2) is 17.0 Å². The van der Waals surface area contributed by atoms with Crippen LogP contribution in [0.5, 0.6) is 0 Å². The summed E-state index contributed by atoms with van der Waals surface area (Å²) in [7, 11) is 0. The molecule has 1 aliphatic heterocycles. The number of amides is 1. The van der Waals surface area contributed by atoms with Gasteiger partial charge in [0.05, 0.1) is 9.61 Å². The lowest BCUT2D eigenvalue weighted by atomic mass is 10.2. The van der Waals surface area contributed by atoms with Gasteiger partial charge in [0.15, 0.2) is 0 Å². The standard InChI is InChI=1S/C10H14N2OS2/c1-4-14-10-7(5-11)8(13)12-9(15-10)6(2)3/h6,9H,4H2,1-3H3,(H,12,13)/t9-/m0/s1. The van der Waals surface area contributed by atoms with E-state index in [1.54, 1.807) is 23.5 Å². The Labute approximate surface area is 98.7 Å². The number of hydrogen-bond acceptors (Lipinski definition) is 4. The molecule has 3 nitrogen and oxygen atoms in total. The zero-order valence-corrected chi connectivity index (χ0v) is 10.7. The number of nitriles is 1. The number of nitrogens with zero attached hydrogens (tertiary/aromatic N) is 1. The van der Waals surface area contributed by atoms with Gasteiger partial charge in [0.2, 0.25) is 0 Å². The van der Waals surface area contributed by atoms with Gasteiger partial charge < -0.3 is 5.32 Å². The van der Waals surface area contributed by atoms with Crippen LogP contribution in [0.2, 0.25) is 0 Å². The summed E-state index contributed by atoms with van der Waals surface area (Å²) in [4.78, 5) is 11.6. The average Bonchev–Trinajstić information content (AvgIpc) is 2.17. The summed E-state index contributed by atoms with van der Waals surface area (Å²) in [5.74, 6) is 1.02. The van der Waals surface area contributed by atoms with Crippen LogP contribution in [0.15, 0.2) is 9.81 Å². The molecule has 0 aromatic rings. The van der Waals surface area contributed by atoms with Crippen molar-refractivity contribution >= 4 is 29.4 Å². The second-order valence-electron chi connectivity index (χ2n) is 3.46. The maximum absolute atomic E-state index is 11.6. The Morgan fingerprint density at radius 1 is 1.67 bits per heavy atom. The highest BCUT2D eigenvalue weighted by Gasteiger charge is 2.29. The number of carbonyl (C=O) groups is 1. The molecular weight excluding hydrogens is 228 g/mol. The van der Waals surface area contributed by atoms with Crippen LogP contribution in [-0.2, 0) is 4.79 Å². The Balaban J connectivity index is 2.93. The van der Waals surface area contributed by atoms with Crippen LogP contribution in [0.4, 0.5) is 0 Å². The van der Waals surface area contributed by atoms with Crippen LogP contribution >= 0.6 is 23.5 Å². The van der Waals surface area contributed by atoms with Crippen LogP contribution in [0.25, 0.3) is 0 Å². The van der Waals surface area contributed by atoms with Gasteiger partial charge in [-0.3, -0.25) is 4.79 Å². The summed E-state index contributed by atoms with van der Waals surface area (Å²) in [5, 5.41) is 11.8. The maximum atomic E-state index is 11.6. The highest BCUT2D eigenvalue weighted by molar-refractivity contribution is 8.22. The fourth-order valence-electron chi connectivity index (χ4n) is 1.13. The van der Waals surface area contributed by atoms with Crippen LogP contribution in [0.3, 0.4) is 0 Å². The van der Waals surface area contributed by atoms with Crippen molar-refractivity contribution < 1.29 is 4.79 Å². The molecule has 1 rings (SSSR count). The van der Waals surface area contributed by atoms with Gasteiger partial charge >= 0.3 is 0 Å². The summed E-state index contributed by atoms with van der Waals surface area (Å²) in [5.41, 5.74) is 0.267. The molecule has 0 aliphatic carbocycles. The van der Waals surface area contributed by atoms with Gasteiger partial charge in [-0.2, -0.15) is 5.26 Å². The Morgan fingerprint density at radius 3 is 2.80 bits per heavy atom. The molecule has 0 aromatic carbocycles. The molecule has 5 heteroatoms. The molecule has 0 saturated heterocycles. The van der Waals surface area contributed by atoms with E-state index in [1.807, 2.05) is 13.0 Å².